The molecule has 0 unspecified atom stereocenters. The maximum absolute atomic E-state index is 10.9. The molecule has 22 heavy (non-hydrogen) atoms. The Bertz CT molecular complexity index is 504. The van der Waals surface area contributed by atoms with Crippen LogP contribution < -0.4 is 5.73 Å². The van der Waals surface area contributed by atoms with Gasteiger partial charge in [0, 0.05) is 11.5 Å². The van der Waals surface area contributed by atoms with E-state index in [2.05, 4.69) is 13.8 Å². The zero-order valence-corrected chi connectivity index (χ0v) is 14.0. The normalized spacial score (nSPS) is 57.5. The molecule has 0 aromatic rings. The Hall–Kier alpha value is -0.540. The molecule has 3 fully saturated rings. The van der Waals surface area contributed by atoms with Crippen LogP contribution in [-0.2, 0) is 0 Å². The molecule has 0 aromatic heterocycles. The van der Waals surface area contributed by atoms with E-state index < -0.39 is 0 Å². The van der Waals surface area contributed by atoms with Gasteiger partial charge in [0.15, 0.2) is 0 Å². The number of aliphatic hydroxyl groups is 2. The van der Waals surface area contributed by atoms with E-state index in [4.69, 9.17) is 5.73 Å². The van der Waals surface area contributed by atoms with Gasteiger partial charge < -0.3 is 15.9 Å². The Balaban J connectivity index is 1.68. The van der Waals surface area contributed by atoms with Crippen LogP contribution in [0.4, 0.5) is 0 Å². The van der Waals surface area contributed by atoms with E-state index in [1.165, 1.54) is 6.42 Å². The summed E-state index contributed by atoms with van der Waals surface area (Å²) in [7, 11) is 0. The average molecular weight is 305 g/mol. The van der Waals surface area contributed by atoms with E-state index in [-0.39, 0.29) is 11.5 Å². The van der Waals surface area contributed by atoms with Crippen LogP contribution in [0.5, 0.6) is 0 Å². The lowest BCUT2D eigenvalue weighted by Gasteiger charge is -2.61. The molecule has 0 bridgehead atoms. The topological polar surface area (TPSA) is 66.5 Å². The molecule has 3 nitrogen and oxygen atoms in total. The maximum atomic E-state index is 10.9. The van der Waals surface area contributed by atoms with E-state index in [0.29, 0.717) is 40.9 Å². The van der Waals surface area contributed by atoms with Crippen LogP contribution in [0.1, 0.15) is 58.8 Å². The minimum Gasteiger partial charge on any atom is -0.512 e. The van der Waals surface area contributed by atoms with Crippen LogP contribution >= 0.6 is 0 Å². The van der Waals surface area contributed by atoms with E-state index in [1.54, 1.807) is 0 Å². The van der Waals surface area contributed by atoms with E-state index >= 15 is 0 Å². The van der Waals surface area contributed by atoms with Crippen LogP contribution in [0.15, 0.2) is 11.8 Å². The maximum Gasteiger partial charge on any atom is 0.0944 e. The van der Waals surface area contributed by atoms with Crippen LogP contribution in [-0.4, -0.2) is 22.4 Å². The van der Waals surface area contributed by atoms with Crippen molar-refractivity contribution in [1.29, 1.82) is 0 Å². The number of aliphatic hydroxyl groups excluding tert-OH is 2. The molecule has 0 radical (unpaired) electrons. The summed E-state index contributed by atoms with van der Waals surface area (Å²) in [5.74, 6) is 2.55. The van der Waals surface area contributed by atoms with Gasteiger partial charge in [-0.1, -0.05) is 13.8 Å². The van der Waals surface area contributed by atoms with Gasteiger partial charge in [0.2, 0.25) is 0 Å². The second kappa shape index (κ2) is 4.73. The highest BCUT2D eigenvalue weighted by Crippen LogP contribution is 2.65. The lowest BCUT2D eigenvalue weighted by Crippen LogP contribution is -2.58. The standard InChI is InChI=1S/C19H31NO2/c1-18-7-5-12(20)9-11(18)10-15(21)17-13-3-4-16(22)19(13,2)8-6-14(17)18/h4,11-15,17,21-22H,3,5-10,20H2,1-2H3/t11-,12+,13+,14+,15+,17+,18+,19+/m1/s1. The van der Waals surface area contributed by atoms with Crippen LogP contribution in [0.3, 0.4) is 0 Å². The first-order valence-electron chi connectivity index (χ1n) is 9.19. The van der Waals surface area contributed by atoms with E-state index in [9.17, 15) is 10.2 Å². The number of nitrogens with two attached hydrogens (primary N) is 1. The van der Waals surface area contributed by atoms with Crippen molar-refractivity contribution in [2.45, 2.75) is 70.9 Å². The lowest BCUT2D eigenvalue weighted by molar-refractivity contribution is -0.159. The van der Waals surface area contributed by atoms with Gasteiger partial charge in [-0.15, -0.1) is 0 Å². The highest BCUT2D eigenvalue weighted by atomic mass is 16.3. The largest absolute Gasteiger partial charge is 0.512 e. The Morgan fingerprint density at radius 3 is 2.68 bits per heavy atom. The van der Waals surface area contributed by atoms with Crippen LogP contribution in [0.25, 0.3) is 0 Å². The van der Waals surface area contributed by atoms with Gasteiger partial charge in [0.1, 0.15) is 0 Å². The highest BCUT2D eigenvalue weighted by Gasteiger charge is 2.61. The Kier molecular flexibility index (Phi) is 3.23. The fourth-order valence-corrected chi connectivity index (χ4v) is 6.81. The summed E-state index contributed by atoms with van der Waals surface area (Å²) >= 11 is 0. The molecule has 3 saturated carbocycles. The molecule has 4 rings (SSSR count). The number of allylic oxidation sites excluding steroid dienone is 2. The summed E-state index contributed by atoms with van der Waals surface area (Å²) in [4.78, 5) is 0. The number of hydrogen-bond donors (Lipinski definition) is 3. The number of hydrogen-bond acceptors (Lipinski definition) is 3. The Labute approximate surface area is 134 Å². The van der Waals surface area contributed by atoms with Crippen molar-refractivity contribution < 1.29 is 10.2 Å². The minimum atomic E-state index is -0.211. The third-order valence-electron chi connectivity index (χ3n) is 8.26. The van der Waals surface area contributed by atoms with Gasteiger partial charge in [-0.05, 0) is 80.1 Å². The molecule has 0 heterocycles. The van der Waals surface area contributed by atoms with Crippen molar-refractivity contribution in [2.24, 2.45) is 40.2 Å². The van der Waals surface area contributed by atoms with Crippen molar-refractivity contribution >= 4 is 0 Å². The van der Waals surface area contributed by atoms with Gasteiger partial charge >= 0.3 is 0 Å². The molecule has 0 saturated heterocycles. The van der Waals surface area contributed by atoms with Gasteiger partial charge in [0.25, 0.3) is 0 Å². The second-order valence-electron chi connectivity index (χ2n) is 9.11. The molecule has 0 aromatic carbocycles. The monoisotopic (exact) mass is 305 g/mol. The van der Waals surface area contributed by atoms with E-state index in [0.717, 1.165) is 38.5 Å². The number of fused-ring (bicyclic) bond motifs is 5. The Morgan fingerprint density at radius 2 is 1.91 bits per heavy atom. The summed E-state index contributed by atoms with van der Waals surface area (Å²) in [6.07, 6.45) is 9.33. The minimum absolute atomic E-state index is 0.0869. The fourth-order valence-electron chi connectivity index (χ4n) is 6.81. The van der Waals surface area contributed by atoms with Crippen molar-refractivity contribution in [3.05, 3.63) is 11.8 Å². The second-order valence-corrected chi connectivity index (χ2v) is 9.11. The third-order valence-corrected chi connectivity index (χ3v) is 8.26. The number of rotatable bonds is 0. The quantitative estimate of drug-likeness (QED) is 0.643. The predicted molar refractivity (Wildman–Crippen MR) is 87.2 cm³/mol. The zero-order valence-electron chi connectivity index (χ0n) is 14.0. The first-order valence-corrected chi connectivity index (χ1v) is 9.19. The van der Waals surface area contributed by atoms with Crippen molar-refractivity contribution in [2.75, 3.05) is 0 Å². The summed E-state index contributed by atoms with van der Waals surface area (Å²) in [5.41, 5.74) is 6.48. The van der Waals surface area contributed by atoms with Crippen molar-refractivity contribution in [3.63, 3.8) is 0 Å². The molecule has 124 valence electrons. The molecule has 0 spiro atoms. The molecule has 4 N–H and O–H groups in total. The van der Waals surface area contributed by atoms with Crippen molar-refractivity contribution in [1.82, 2.24) is 0 Å². The molecule has 0 amide bonds. The molecule has 3 heteroatoms. The lowest BCUT2D eigenvalue weighted by atomic mass is 9.44. The van der Waals surface area contributed by atoms with Crippen LogP contribution in [0, 0.1) is 34.5 Å². The SMILES string of the molecule is C[C@]12CC[C@H](N)C[C@@H]1C[C@H](O)[C@@H]1[C@@H]2CC[C@]2(C)C(O)=CC[C@@H]12. The van der Waals surface area contributed by atoms with E-state index in [1.807, 2.05) is 6.08 Å². The molecule has 4 aliphatic rings. The third kappa shape index (κ3) is 1.81. The summed E-state index contributed by atoms with van der Waals surface area (Å²) < 4.78 is 0. The predicted octanol–water partition coefficient (Wildman–Crippen LogP) is 3.38. The van der Waals surface area contributed by atoms with Gasteiger partial charge in [-0.25, -0.2) is 0 Å². The molecule has 4 aliphatic carbocycles. The Morgan fingerprint density at radius 1 is 1.14 bits per heavy atom. The zero-order chi connectivity index (χ0) is 15.7. The molecule has 8 atom stereocenters. The van der Waals surface area contributed by atoms with Gasteiger partial charge in [-0.3, -0.25) is 0 Å². The average Bonchev–Trinajstić information content (AvgIpc) is 2.77. The molecule has 0 aliphatic heterocycles. The molecular weight excluding hydrogens is 274 g/mol. The first kappa shape index (κ1) is 15.0. The fraction of sp³-hybridized carbons (Fsp3) is 0.895. The van der Waals surface area contributed by atoms with Gasteiger partial charge in [0.05, 0.1) is 11.9 Å². The summed E-state index contributed by atoms with van der Waals surface area (Å²) in [6.45, 7) is 4.68. The summed E-state index contributed by atoms with van der Waals surface area (Å²) in [6, 6.07) is 0.327. The van der Waals surface area contributed by atoms with Crippen LogP contribution in [0.2, 0.25) is 0 Å². The van der Waals surface area contributed by atoms with Gasteiger partial charge in [-0.2, -0.15) is 0 Å². The highest BCUT2D eigenvalue weighted by molar-refractivity contribution is 5.21. The smallest absolute Gasteiger partial charge is 0.0944 e. The summed E-state index contributed by atoms with van der Waals surface area (Å²) in [5, 5.41) is 21.3. The van der Waals surface area contributed by atoms with Crippen molar-refractivity contribution in [3.8, 4) is 0 Å². The first-order chi connectivity index (χ1) is 10.4. The molecular formula is C19H31NO2.